The first-order chi connectivity index (χ1) is 6.42. The molecule has 0 saturated carbocycles. The largest absolute Gasteiger partial charge is 0.318 e. The van der Waals surface area contributed by atoms with Gasteiger partial charge in [0.05, 0.1) is 0 Å². The molecule has 0 atom stereocenters. The fourth-order valence-corrected chi connectivity index (χ4v) is 1.49. The minimum atomic E-state index is 1.23. The van der Waals surface area contributed by atoms with Gasteiger partial charge in [-0.1, -0.05) is 31.5 Å². The van der Waals surface area contributed by atoms with Gasteiger partial charge in [-0.15, -0.1) is 0 Å². The van der Waals surface area contributed by atoms with Crippen LogP contribution in [0.25, 0.3) is 0 Å². The molecule has 68 valence electrons. The van der Waals surface area contributed by atoms with Crippen molar-refractivity contribution >= 4 is 5.69 Å². The van der Waals surface area contributed by atoms with E-state index in [1.807, 2.05) is 0 Å². The first-order valence-corrected chi connectivity index (χ1v) is 4.97. The van der Waals surface area contributed by atoms with Crippen molar-refractivity contribution < 1.29 is 0 Å². The molecule has 0 spiro atoms. The summed E-state index contributed by atoms with van der Waals surface area (Å²) in [4.78, 5) is 2.27. The van der Waals surface area contributed by atoms with Crippen molar-refractivity contribution in [3.63, 3.8) is 0 Å². The lowest BCUT2D eigenvalue weighted by Gasteiger charge is -2.04. The third-order valence-electron chi connectivity index (χ3n) is 2.34. The molecule has 0 unspecified atom stereocenters. The van der Waals surface area contributed by atoms with Crippen LogP contribution in [0, 0.1) is 0 Å². The minimum Gasteiger partial charge on any atom is -0.318 e. The molecule has 1 nitrogen and oxygen atoms in total. The standard InChI is InChI=1S/C12H15N/c1-2-3-7-12-10-13(12)11-8-5-4-6-9-11/h4-6,8-10H,2-3,7H2,1H3. The lowest BCUT2D eigenvalue weighted by Crippen LogP contribution is -1.94. The predicted octanol–water partition coefficient (Wildman–Crippen LogP) is 3.54. The van der Waals surface area contributed by atoms with E-state index in [1.54, 1.807) is 0 Å². The lowest BCUT2D eigenvalue weighted by molar-refractivity contribution is 0.798. The van der Waals surface area contributed by atoms with E-state index in [0.717, 1.165) is 0 Å². The van der Waals surface area contributed by atoms with Gasteiger partial charge in [-0.25, -0.2) is 0 Å². The monoisotopic (exact) mass is 173 g/mol. The molecule has 1 aliphatic heterocycles. The Morgan fingerprint density at radius 2 is 1.92 bits per heavy atom. The molecule has 0 aliphatic carbocycles. The van der Waals surface area contributed by atoms with Gasteiger partial charge in [0.15, 0.2) is 0 Å². The molecule has 1 heterocycles. The molecular weight excluding hydrogens is 158 g/mol. The van der Waals surface area contributed by atoms with Gasteiger partial charge >= 0.3 is 0 Å². The molecule has 13 heavy (non-hydrogen) atoms. The average Bonchev–Trinajstić information content (AvgIpc) is 2.95. The topological polar surface area (TPSA) is 3.01 Å². The van der Waals surface area contributed by atoms with E-state index < -0.39 is 0 Å². The molecule has 0 amide bonds. The number of unbranched alkanes of at least 4 members (excludes halogenated alkanes) is 1. The molecule has 1 aliphatic rings. The SMILES string of the molecule is CCCCC1=CN1c1ccccc1. The highest BCUT2D eigenvalue weighted by molar-refractivity contribution is 5.63. The van der Waals surface area contributed by atoms with Gasteiger partial charge in [0.2, 0.25) is 0 Å². The second kappa shape index (κ2) is 3.65. The first kappa shape index (κ1) is 8.36. The van der Waals surface area contributed by atoms with Gasteiger partial charge in [-0.05, 0) is 25.0 Å². The fraction of sp³-hybridized carbons (Fsp3) is 0.333. The minimum absolute atomic E-state index is 1.23. The van der Waals surface area contributed by atoms with E-state index in [2.05, 4.69) is 48.4 Å². The maximum atomic E-state index is 2.27. The van der Waals surface area contributed by atoms with Crippen molar-refractivity contribution in [1.82, 2.24) is 0 Å². The highest BCUT2D eigenvalue weighted by Crippen LogP contribution is 2.32. The van der Waals surface area contributed by atoms with Crippen molar-refractivity contribution in [2.75, 3.05) is 4.90 Å². The van der Waals surface area contributed by atoms with E-state index in [-0.39, 0.29) is 0 Å². The summed E-state index contributed by atoms with van der Waals surface area (Å²) < 4.78 is 0. The van der Waals surface area contributed by atoms with E-state index in [4.69, 9.17) is 0 Å². The third kappa shape index (κ3) is 1.92. The summed E-state index contributed by atoms with van der Waals surface area (Å²) in [7, 11) is 0. The van der Waals surface area contributed by atoms with E-state index in [0.29, 0.717) is 0 Å². The Balaban J connectivity index is 1.88. The summed E-state index contributed by atoms with van der Waals surface area (Å²) in [6, 6.07) is 10.5. The summed E-state index contributed by atoms with van der Waals surface area (Å²) in [6.45, 7) is 2.23. The molecule has 0 saturated heterocycles. The molecule has 1 aromatic rings. The van der Waals surface area contributed by atoms with Crippen molar-refractivity contribution in [2.24, 2.45) is 0 Å². The number of nitrogens with zero attached hydrogens (tertiary/aromatic N) is 1. The van der Waals surface area contributed by atoms with Gasteiger partial charge in [-0.2, -0.15) is 0 Å². The summed E-state index contributed by atoms with van der Waals surface area (Å²) in [5, 5.41) is 0. The van der Waals surface area contributed by atoms with Crippen molar-refractivity contribution in [3.8, 4) is 0 Å². The number of anilines is 1. The van der Waals surface area contributed by atoms with Gasteiger partial charge in [0.1, 0.15) is 0 Å². The number of para-hydroxylation sites is 1. The number of benzene rings is 1. The summed E-state index contributed by atoms with van der Waals surface area (Å²) >= 11 is 0. The molecule has 0 bridgehead atoms. The van der Waals surface area contributed by atoms with Gasteiger partial charge in [0, 0.05) is 17.6 Å². The highest BCUT2D eigenvalue weighted by atomic mass is 15.2. The van der Waals surface area contributed by atoms with Crippen LogP contribution in [0.2, 0.25) is 0 Å². The summed E-state index contributed by atoms with van der Waals surface area (Å²) in [5.74, 6) is 0. The van der Waals surface area contributed by atoms with Gasteiger partial charge < -0.3 is 4.90 Å². The van der Waals surface area contributed by atoms with Crippen LogP contribution in [0.1, 0.15) is 26.2 Å². The van der Waals surface area contributed by atoms with Crippen molar-refractivity contribution in [1.29, 1.82) is 0 Å². The average molecular weight is 173 g/mol. The first-order valence-electron chi connectivity index (χ1n) is 4.97. The Morgan fingerprint density at radius 3 is 2.62 bits per heavy atom. The molecule has 1 aromatic carbocycles. The van der Waals surface area contributed by atoms with Crippen LogP contribution in [0.4, 0.5) is 5.69 Å². The Labute approximate surface area is 79.7 Å². The van der Waals surface area contributed by atoms with Crippen LogP contribution in [0.15, 0.2) is 42.2 Å². The van der Waals surface area contributed by atoms with E-state index in [1.165, 1.54) is 30.6 Å². The number of rotatable bonds is 4. The van der Waals surface area contributed by atoms with Gasteiger partial charge in [-0.3, -0.25) is 0 Å². The Hall–Kier alpha value is -1.24. The lowest BCUT2D eigenvalue weighted by atomic mass is 10.2. The number of hydrogen-bond acceptors (Lipinski definition) is 1. The predicted molar refractivity (Wildman–Crippen MR) is 56.5 cm³/mol. The zero-order chi connectivity index (χ0) is 9.10. The maximum Gasteiger partial charge on any atom is 0.0453 e. The second-order valence-electron chi connectivity index (χ2n) is 3.43. The van der Waals surface area contributed by atoms with Crippen LogP contribution in [-0.4, -0.2) is 0 Å². The highest BCUT2D eigenvalue weighted by Gasteiger charge is 2.20. The molecular formula is C12H15N. The Morgan fingerprint density at radius 1 is 1.15 bits per heavy atom. The molecule has 0 aromatic heterocycles. The molecule has 0 radical (unpaired) electrons. The number of hydrogen-bond donors (Lipinski definition) is 0. The van der Waals surface area contributed by atoms with E-state index >= 15 is 0 Å². The number of allylic oxidation sites excluding steroid dienone is 1. The molecule has 0 N–H and O–H groups in total. The second-order valence-corrected chi connectivity index (χ2v) is 3.43. The van der Waals surface area contributed by atoms with Crippen LogP contribution in [0.5, 0.6) is 0 Å². The van der Waals surface area contributed by atoms with Crippen molar-refractivity contribution in [3.05, 3.63) is 42.2 Å². The van der Waals surface area contributed by atoms with Crippen LogP contribution in [0.3, 0.4) is 0 Å². The quantitative estimate of drug-likeness (QED) is 0.673. The maximum absolute atomic E-state index is 2.27. The molecule has 0 fully saturated rings. The molecule has 2 rings (SSSR count). The summed E-state index contributed by atoms with van der Waals surface area (Å²) in [5.41, 5.74) is 2.78. The normalized spacial score (nSPS) is 14.2. The Bertz CT molecular complexity index is 300. The summed E-state index contributed by atoms with van der Waals surface area (Å²) in [6.07, 6.45) is 6.03. The van der Waals surface area contributed by atoms with E-state index in [9.17, 15) is 0 Å². The smallest absolute Gasteiger partial charge is 0.0453 e. The third-order valence-corrected chi connectivity index (χ3v) is 2.34. The van der Waals surface area contributed by atoms with Crippen LogP contribution in [-0.2, 0) is 0 Å². The van der Waals surface area contributed by atoms with Gasteiger partial charge in [0.25, 0.3) is 0 Å². The molecule has 1 heteroatoms. The zero-order valence-corrected chi connectivity index (χ0v) is 8.03. The van der Waals surface area contributed by atoms with Crippen LogP contribution >= 0.6 is 0 Å². The van der Waals surface area contributed by atoms with Crippen LogP contribution < -0.4 is 4.90 Å². The fourth-order valence-electron chi connectivity index (χ4n) is 1.49. The van der Waals surface area contributed by atoms with Crippen molar-refractivity contribution in [2.45, 2.75) is 26.2 Å². The zero-order valence-electron chi connectivity index (χ0n) is 8.03. The Kier molecular flexibility index (Phi) is 2.35.